The SMILES string of the molecule is Cc1cnc(C2CNCCN2C)cn1. The quantitative estimate of drug-likeness (QED) is 0.697. The minimum atomic E-state index is 0.372. The first-order valence-electron chi connectivity index (χ1n) is 4.97. The largest absolute Gasteiger partial charge is 0.313 e. The summed E-state index contributed by atoms with van der Waals surface area (Å²) in [5.74, 6) is 0. The summed E-state index contributed by atoms with van der Waals surface area (Å²) in [6, 6.07) is 0.372. The molecule has 76 valence electrons. The number of hydrogen-bond acceptors (Lipinski definition) is 4. The second kappa shape index (κ2) is 4.02. The predicted octanol–water partition coefficient (Wildman–Crippen LogP) is 0.361. The Balaban J connectivity index is 2.16. The molecule has 0 aromatic carbocycles. The number of nitrogens with zero attached hydrogens (tertiary/aromatic N) is 3. The van der Waals surface area contributed by atoms with E-state index in [0.29, 0.717) is 6.04 Å². The van der Waals surface area contributed by atoms with E-state index in [0.717, 1.165) is 31.0 Å². The molecular weight excluding hydrogens is 176 g/mol. The number of aromatic nitrogens is 2. The zero-order chi connectivity index (χ0) is 9.97. The molecule has 0 spiro atoms. The molecule has 0 saturated carbocycles. The van der Waals surface area contributed by atoms with Gasteiger partial charge in [0.25, 0.3) is 0 Å². The standard InChI is InChI=1S/C10H16N4/c1-8-5-13-9(6-12-8)10-7-11-3-4-14(10)2/h5-6,10-11H,3-4,7H2,1-2H3. The Morgan fingerprint density at radius 3 is 2.93 bits per heavy atom. The molecule has 14 heavy (non-hydrogen) atoms. The maximum absolute atomic E-state index is 4.41. The Morgan fingerprint density at radius 2 is 2.29 bits per heavy atom. The van der Waals surface area contributed by atoms with Crippen LogP contribution in [-0.2, 0) is 0 Å². The van der Waals surface area contributed by atoms with Gasteiger partial charge in [-0.3, -0.25) is 14.9 Å². The van der Waals surface area contributed by atoms with Crippen LogP contribution in [0.2, 0.25) is 0 Å². The van der Waals surface area contributed by atoms with Gasteiger partial charge in [-0.15, -0.1) is 0 Å². The van der Waals surface area contributed by atoms with Gasteiger partial charge in [0.2, 0.25) is 0 Å². The molecule has 1 aromatic heterocycles. The molecule has 4 nitrogen and oxygen atoms in total. The van der Waals surface area contributed by atoms with Crippen molar-refractivity contribution in [1.82, 2.24) is 20.2 Å². The Labute approximate surface area is 84.4 Å². The van der Waals surface area contributed by atoms with Crippen molar-refractivity contribution in [3.8, 4) is 0 Å². The predicted molar refractivity (Wildman–Crippen MR) is 55.0 cm³/mol. The summed E-state index contributed by atoms with van der Waals surface area (Å²) in [6.07, 6.45) is 3.71. The monoisotopic (exact) mass is 192 g/mol. The van der Waals surface area contributed by atoms with Crippen LogP contribution < -0.4 is 5.32 Å². The maximum Gasteiger partial charge on any atom is 0.0771 e. The molecule has 1 unspecified atom stereocenters. The second-order valence-electron chi connectivity index (χ2n) is 3.78. The third-order valence-electron chi connectivity index (χ3n) is 2.65. The fourth-order valence-electron chi connectivity index (χ4n) is 1.71. The molecule has 2 heterocycles. The molecule has 0 amide bonds. The molecule has 2 rings (SSSR count). The average molecular weight is 192 g/mol. The van der Waals surface area contributed by atoms with Crippen molar-refractivity contribution >= 4 is 0 Å². The van der Waals surface area contributed by atoms with E-state index in [9.17, 15) is 0 Å². The Bertz CT molecular complexity index is 295. The molecule has 1 fully saturated rings. The third kappa shape index (κ3) is 1.91. The summed E-state index contributed by atoms with van der Waals surface area (Å²) >= 11 is 0. The number of nitrogens with one attached hydrogen (secondary N) is 1. The molecule has 1 N–H and O–H groups in total. The highest BCUT2D eigenvalue weighted by Crippen LogP contribution is 2.17. The Hall–Kier alpha value is -1.00. The summed E-state index contributed by atoms with van der Waals surface area (Å²) in [4.78, 5) is 11.0. The van der Waals surface area contributed by atoms with Gasteiger partial charge >= 0.3 is 0 Å². The minimum Gasteiger partial charge on any atom is -0.313 e. The fraction of sp³-hybridized carbons (Fsp3) is 0.600. The van der Waals surface area contributed by atoms with Gasteiger partial charge in [-0.2, -0.15) is 0 Å². The smallest absolute Gasteiger partial charge is 0.0771 e. The molecule has 1 saturated heterocycles. The van der Waals surface area contributed by atoms with Crippen molar-refractivity contribution < 1.29 is 0 Å². The van der Waals surface area contributed by atoms with E-state index in [1.807, 2.05) is 19.3 Å². The average Bonchev–Trinajstić information content (AvgIpc) is 2.20. The lowest BCUT2D eigenvalue weighted by molar-refractivity contribution is 0.198. The molecule has 4 heteroatoms. The van der Waals surface area contributed by atoms with Crippen molar-refractivity contribution in [2.75, 3.05) is 26.7 Å². The van der Waals surface area contributed by atoms with E-state index in [1.165, 1.54) is 0 Å². The van der Waals surface area contributed by atoms with Crippen molar-refractivity contribution in [2.45, 2.75) is 13.0 Å². The minimum absolute atomic E-state index is 0.372. The lowest BCUT2D eigenvalue weighted by Gasteiger charge is -2.32. The molecule has 1 atom stereocenters. The number of rotatable bonds is 1. The van der Waals surface area contributed by atoms with E-state index in [2.05, 4.69) is 27.2 Å². The van der Waals surface area contributed by atoms with Crippen LogP contribution in [0.1, 0.15) is 17.4 Å². The number of likely N-dealkylation sites (N-methyl/N-ethyl adjacent to an activating group) is 1. The molecular formula is C10H16N4. The summed E-state index contributed by atoms with van der Waals surface area (Å²) in [7, 11) is 2.13. The number of piperazine rings is 1. The topological polar surface area (TPSA) is 41.1 Å². The highest BCUT2D eigenvalue weighted by atomic mass is 15.2. The van der Waals surface area contributed by atoms with Crippen molar-refractivity contribution in [1.29, 1.82) is 0 Å². The van der Waals surface area contributed by atoms with E-state index in [1.54, 1.807) is 0 Å². The summed E-state index contributed by atoms with van der Waals surface area (Å²) in [6.45, 7) is 5.06. The maximum atomic E-state index is 4.41. The first-order valence-corrected chi connectivity index (χ1v) is 4.97. The second-order valence-corrected chi connectivity index (χ2v) is 3.78. The van der Waals surface area contributed by atoms with E-state index >= 15 is 0 Å². The third-order valence-corrected chi connectivity index (χ3v) is 2.65. The number of hydrogen-bond donors (Lipinski definition) is 1. The van der Waals surface area contributed by atoms with Crippen LogP contribution in [-0.4, -0.2) is 41.5 Å². The van der Waals surface area contributed by atoms with E-state index < -0.39 is 0 Å². The zero-order valence-corrected chi connectivity index (χ0v) is 8.70. The first-order chi connectivity index (χ1) is 6.77. The highest BCUT2D eigenvalue weighted by Gasteiger charge is 2.21. The van der Waals surface area contributed by atoms with Gasteiger partial charge in [-0.25, -0.2) is 0 Å². The molecule has 1 aliphatic rings. The lowest BCUT2D eigenvalue weighted by atomic mass is 10.1. The van der Waals surface area contributed by atoms with Crippen LogP contribution in [0.25, 0.3) is 0 Å². The van der Waals surface area contributed by atoms with Crippen molar-refractivity contribution in [3.05, 3.63) is 23.8 Å². The summed E-state index contributed by atoms with van der Waals surface area (Å²) < 4.78 is 0. The summed E-state index contributed by atoms with van der Waals surface area (Å²) in [5, 5.41) is 3.37. The van der Waals surface area contributed by atoms with Gasteiger partial charge in [-0.1, -0.05) is 0 Å². The van der Waals surface area contributed by atoms with Gasteiger partial charge in [0.1, 0.15) is 0 Å². The van der Waals surface area contributed by atoms with Gasteiger partial charge in [-0.05, 0) is 14.0 Å². The normalized spacial score (nSPS) is 23.7. The van der Waals surface area contributed by atoms with Crippen LogP contribution in [0.3, 0.4) is 0 Å². The van der Waals surface area contributed by atoms with E-state index in [4.69, 9.17) is 0 Å². The van der Waals surface area contributed by atoms with Crippen LogP contribution >= 0.6 is 0 Å². The molecule has 0 bridgehead atoms. The van der Waals surface area contributed by atoms with Crippen LogP contribution in [0.4, 0.5) is 0 Å². The Morgan fingerprint density at radius 1 is 1.43 bits per heavy atom. The molecule has 1 aromatic rings. The van der Waals surface area contributed by atoms with Gasteiger partial charge in [0, 0.05) is 25.8 Å². The van der Waals surface area contributed by atoms with Crippen LogP contribution in [0, 0.1) is 6.92 Å². The van der Waals surface area contributed by atoms with Crippen molar-refractivity contribution in [2.24, 2.45) is 0 Å². The summed E-state index contributed by atoms with van der Waals surface area (Å²) in [5.41, 5.74) is 2.03. The Kier molecular flexibility index (Phi) is 2.74. The fourth-order valence-corrected chi connectivity index (χ4v) is 1.71. The van der Waals surface area contributed by atoms with Gasteiger partial charge in [0.15, 0.2) is 0 Å². The number of aryl methyl sites for hydroxylation is 1. The highest BCUT2D eigenvalue weighted by molar-refractivity contribution is 5.07. The van der Waals surface area contributed by atoms with Gasteiger partial charge in [0.05, 0.1) is 23.6 Å². The van der Waals surface area contributed by atoms with Crippen LogP contribution in [0.5, 0.6) is 0 Å². The van der Waals surface area contributed by atoms with Gasteiger partial charge < -0.3 is 5.32 Å². The van der Waals surface area contributed by atoms with Crippen molar-refractivity contribution in [3.63, 3.8) is 0 Å². The van der Waals surface area contributed by atoms with Crippen LogP contribution in [0.15, 0.2) is 12.4 Å². The first kappa shape index (κ1) is 9.55. The zero-order valence-electron chi connectivity index (χ0n) is 8.70. The lowest BCUT2D eigenvalue weighted by Crippen LogP contribution is -2.44. The van der Waals surface area contributed by atoms with E-state index in [-0.39, 0.29) is 0 Å². The molecule has 1 aliphatic heterocycles. The molecule has 0 radical (unpaired) electrons. The molecule has 0 aliphatic carbocycles.